The van der Waals surface area contributed by atoms with Crippen LogP contribution in [0.5, 0.6) is 0 Å². The summed E-state index contributed by atoms with van der Waals surface area (Å²) < 4.78 is 125. The molecule has 0 aromatic rings. The topological polar surface area (TPSA) is 166 Å². The average Bonchev–Trinajstić information content (AvgIpc) is 3.65. The Labute approximate surface area is 524 Å². The molecular weight excluding hydrogens is 1360 g/mol. The monoisotopic (exact) mass is 1490 g/mol. The molecule has 2 bridgehead atoms. The number of hydrogen-bond donors (Lipinski definition) is 0. The van der Waals surface area contributed by atoms with Gasteiger partial charge in [-0.2, -0.15) is 0 Å². The average molecular weight is 1490 g/mol. The summed E-state index contributed by atoms with van der Waals surface area (Å²) in [7, 11) is -49.7. The van der Waals surface area contributed by atoms with Crippen molar-refractivity contribution in [3.63, 3.8) is 0 Å². The Morgan fingerprint density at radius 1 is 0.232 bits per heavy atom. The van der Waals surface area contributed by atoms with E-state index in [4.69, 9.17) is 74.1 Å². The van der Waals surface area contributed by atoms with E-state index in [1.54, 1.807) is 0 Å². The summed E-state index contributed by atoms with van der Waals surface area (Å²) >= 11 is 0. The van der Waals surface area contributed by atoms with Crippen molar-refractivity contribution in [1.82, 2.24) is 0 Å². The van der Waals surface area contributed by atoms with Crippen molar-refractivity contribution in [3.05, 3.63) is 0 Å². The van der Waals surface area contributed by atoms with Crippen LogP contribution in [0, 0.1) is 11.8 Å². The molecule has 5 atom stereocenters. The first-order valence-corrected chi connectivity index (χ1v) is 83.6. The van der Waals surface area contributed by atoms with Crippen LogP contribution in [0.2, 0.25) is 254 Å². The molecule has 2 fully saturated rings. The van der Waals surface area contributed by atoms with Gasteiger partial charge in [0.25, 0.3) is 9.28 Å². The zero-order chi connectivity index (χ0) is 64.9. The summed E-state index contributed by atoms with van der Waals surface area (Å²) in [5.41, 5.74) is 0.461. The number of fused-ring (bicyclic) bond motifs is 2. The van der Waals surface area contributed by atoms with Gasteiger partial charge in [-0.3, -0.25) is 0 Å². The van der Waals surface area contributed by atoms with Crippen LogP contribution in [0.1, 0.15) is 25.7 Å². The predicted molar refractivity (Wildman–Crippen MR) is 382 cm³/mol. The summed E-state index contributed by atoms with van der Waals surface area (Å²) in [5.74, 6) is 1.45. The van der Waals surface area contributed by atoms with E-state index < -0.39 is 163 Å². The zero-order valence-corrected chi connectivity index (χ0v) is 78.6. The lowest BCUT2D eigenvalue weighted by Crippen LogP contribution is -2.63. The van der Waals surface area contributed by atoms with Gasteiger partial charge in [-0.05, 0) is 273 Å². The summed E-state index contributed by atoms with van der Waals surface area (Å²) in [6.07, 6.45) is 5.10. The van der Waals surface area contributed by atoms with E-state index in [1.807, 2.05) is 0 Å². The molecular formula is C45H126O18Si19. The van der Waals surface area contributed by atoms with Crippen molar-refractivity contribution in [3.8, 4) is 0 Å². The second-order valence-electron chi connectivity index (χ2n) is 32.0. The SMILES string of the molecule is C[SiH](O[Si](C)(C)C)O[Si](C)(O[Si](C)(C)O[Si](C)(C)O[Si](C)(C)O[Si](C)(C)O[Si](C)(C)O[Si](C)(C)O[Si](C)(C)O[Si](C)(C)O[Si](C)(C)O[Si](C)(C)O[Si](C)(C)O[Si](C)(C)O[Si](C)(C)O[Si](C)(C)O[Si](C)(C)O[Si](C)(C)C)C1CC2CCC1C2. The molecule has 2 rings (SSSR count). The van der Waals surface area contributed by atoms with Crippen LogP contribution in [0.4, 0.5) is 0 Å². The van der Waals surface area contributed by atoms with Crippen molar-refractivity contribution in [2.75, 3.05) is 0 Å². The Kier molecular flexibility index (Phi) is 27.6. The van der Waals surface area contributed by atoms with Gasteiger partial charge < -0.3 is 74.1 Å². The minimum absolute atomic E-state index is 0.461. The van der Waals surface area contributed by atoms with Crippen molar-refractivity contribution in [2.24, 2.45) is 11.8 Å². The summed E-state index contributed by atoms with van der Waals surface area (Å²) in [5, 5.41) is 0. The van der Waals surface area contributed by atoms with Crippen molar-refractivity contribution in [2.45, 2.75) is 280 Å². The molecule has 0 spiro atoms. The highest BCUT2D eigenvalue weighted by Crippen LogP contribution is 2.56. The Bertz CT molecular complexity index is 2070. The molecule has 490 valence electrons. The largest absolute Gasteiger partial charge is 0.439 e. The lowest BCUT2D eigenvalue weighted by Gasteiger charge is -2.46. The van der Waals surface area contributed by atoms with Gasteiger partial charge in [0.05, 0.1) is 0 Å². The van der Waals surface area contributed by atoms with Gasteiger partial charge in [-0.25, -0.2) is 0 Å². The molecule has 2 aliphatic rings. The van der Waals surface area contributed by atoms with Gasteiger partial charge in [0.1, 0.15) is 0 Å². The van der Waals surface area contributed by atoms with E-state index in [0.29, 0.717) is 11.5 Å². The maximum atomic E-state index is 7.34. The van der Waals surface area contributed by atoms with Crippen LogP contribution in [-0.2, 0) is 74.1 Å². The van der Waals surface area contributed by atoms with E-state index in [0.717, 1.165) is 5.92 Å². The minimum atomic E-state index is -2.85. The van der Waals surface area contributed by atoms with Gasteiger partial charge in [-0.1, -0.05) is 12.8 Å². The fourth-order valence-corrected chi connectivity index (χ4v) is 109. The molecule has 0 aromatic carbocycles. The van der Waals surface area contributed by atoms with Gasteiger partial charge in [-0.15, -0.1) is 0 Å². The normalized spacial score (nSPS) is 20.9. The first-order valence-electron chi connectivity index (χ1n) is 30.1. The van der Waals surface area contributed by atoms with Gasteiger partial charge >= 0.3 is 137 Å². The third-order valence-corrected chi connectivity index (χ3v) is 84.7. The molecule has 0 amide bonds. The van der Waals surface area contributed by atoms with E-state index in [-0.39, 0.29) is 0 Å². The maximum Gasteiger partial charge on any atom is 0.320 e. The maximum absolute atomic E-state index is 7.34. The van der Waals surface area contributed by atoms with Gasteiger partial charge in [0.15, 0.2) is 16.6 Å². The molecule has 0 radical (unpaired) electrons. The molecule has 82 heavy (non-hydrogen) atoms. The molecule has 5 unspecified atom stereocenters. The summed E-state index contributed by atoms with van der Waals surface area (Å²) in [6, 6.07) is 0. The molecule has 18 nitrogen and oxygen atoms in total. The fourth-order valence-electron chi connectivity index (χ4n) is 13.8. The van der Waals surface area contributed by atoms with Gasteiger partial charge in [0.2, 0.25) is 0 Å². The summed E-state index contributed by atoms with van der Waals surface area (Å²) in [6.45, 7) is 80.4. The molecule has 0 N–H and O–H groups in total. The highest BCUT2D eigenvalue weighted by atomic mass is 28.5. The van der Waals surface area contributed by atoms with E-state index in [2.05, 4.69) is 249 Å². The first kappa shape index (κ1) is 81.5. The van der Waals surface area contributed by atoms with Crippen LogP contribution in [0.15, 0.2) is 0 Å². The smallest absolute Gasteiger partial charge is 0.320 e. The second kappa shape index (κ2) is 27.8. The highest BCUT2D eigenvalue weighted by Gasteiger charge is 2.58. The molecule has 0 saturated heterocycles. The van der Waals surface area contributed by atoms with Crippen molar-refractivity contribution >= 4 is 163 Å². The van der Waals surface area contributed by atoms with Crippen molar-refractivity contribution in [1.29, 1.82) is 0 Å². The van der Waals surface area contributed by atoms with Crippen LogP contribution < -0.4 is 0 Å². The fraction of sp³-hybridized carbons (Fsp3) is 1.00. The molecule has 37 heteroatoms. The molecule has 0 aromatic heterocycles. The lowest BCUT2D eigenvalue weighted by atomic mass is 10.0. The van der Waals surface area contributed by atoms with E-state index >= 15 is 0 Å². The van der Waals surface area contributed by atoms with Crippen molar-refractivity contribution < 1.29 is 74.1 Å². The Hall–Kier alpha value is 3.40. The Balaban J connectivity index is 2.08. The zero-order valence-electron chi connectivity index (χ0n) is 59.5. The van der Waals surface area contributed by atoms with Gasteiger partial charge in [0, 0.05) is 5.54 Å². The minimum Gasteiger partial charge on any atom is -0.439 e. The third-order valence-electron chi connectivity index (χ3n) is 12.2. The number of rotatable bonds is 37. The molecule has 2 aliphatic carbocycles. The Morgan fingerprint density at radius 3 is 0.610 bits per heavy atom. The predicted octanol–water partition coefficient (Wildman–Crippen LogP) is 15.6. The third kappa shape index (κ3) is 32.3. The molecule has 0 heterocycles. The van der Waals surface area contributed by atoms with Crippen LogP contribution in [-0.4, -0.2) is 163 Å². The van der Waals surface area contributed by atoms with E-state index in [1.165, 1.54) is 25.7 Å². The lowest BCUT2D eigenvalue weighted by molar-refractivity contribution is 0.246. The number of hydrogen-bond acceptors (Lipinski definition) is 18. The van der Waals surface area contributed by atoms with E-state index in [9.17, 15) is 0 Å². The van der Waals surface area contributed by atoms with Crippen LogP contribution in [0.3, 0.4) is 0 Å². The standard InChI is InChI=1S/C45H126O18Si19/c1-64(46-65(2,3)4)47-82(38,45-42-43-39-40-44(45)41-43)63-81(36,37)62-80(34,35)61-79(32,33)60-78(30,31)59-77(28,29)58-76(26,27)57-75(24,25)56-74(22,23)55-73(20,21)54-72(18,19)53-71(16,17)52-70(14,15)51-69(12,13)50-68(10,11)49-67(8,9)48-66(5,6)7/h43-45,64H,39-42H2,1-38H3. The first-order chi connectivity index (χ1) is 35.5. The highest BCUT2D eigenvalue weighted by molar-refractivity contribution is 6.95. The summed E-state index contributed by atoms with van der Waals surface area (Å²) in [4.78, 5) is 0. The van der Waals surface area contributed by atoms with Crippen LogP contribution in [0.25, 0.3) is 0 Å². The quantitative estimate of drug-likeness (QED) is 0.0539. The molecule has 0 aliphatic heterocycles. The second-order valence-corrected chi connectivity index (χ2v) is 101. The van der Waals surface area contributed by atoms with Crippen LogP contribution >= 0.6 is 0 Å². The Morgan fingerprint density at radius 2 is 0.439 bits per heavy atom. The molecule has 2 saturated carbocycles.